The van der Waals surface area contributed by atoms with Gasteiger partial charge in [0.05, 0.1) is 16.8 Å². The number of nitrogens with one attached hydrogen (secondary N) is 1. The Morgan fingerprint density at radius 2 is 2.17 bits per heavy atom. The van der Waals surface area contributed by atoms with Gasteiger partial charge in [0, 0.05) is 6.07 Å². The zero-order chi connectivity index (χ0) is 13.3. The van der Waals surface area contributed by atoms with Gasteiger partial charge >= 0.3 is 12.3 Å². The molecule has 0 aliphatic rings. The zero-order valence-corrected chi connectivity index (χ0v) is 8.59. The molecular weight excluding hydrogens is 252 g/mol. The number of hydrogen-bond acceptors (Lipinski definition) is 5. The Morgan fingerprint density at radius 3 is 2.78 bits per heavy atom. The maximum atomic E-state index is 12.2. The van der Waals surface area contributed by atoms with Crippen LogP contribution in [0.1, 0.15) is 0 Å². The summed E-state index contributed by atoms with van der Waals surface area (Å²) in [4.78, 5) is 27.2. The maximum Gasteiger partial charge on any atom is 0.387 e. The predicted octanol–water partition coefficient (Wildman–Crippen LogP) is 1.43. The van der Waals surface area contributed by atoms with E-state index in [0.29, 0.717) is 0 Å². The van der Waals surface area contributed by atoms with Crippen molar-refractivity contribution in [2.45, 2.75) is 6.61 Å². The summed E-state index contributed by atoms with van der Waals surface area (Å²) in [5, 5.41) is 10.3. The van der Waals surface area contributed by atoms with E-state index in [9.17, 15) is 23.7 Å². The third-order valence-corrected chi connectivity index (χ3v) is 2.14. The van der Waals surface area contributed by atoms with Gasteiger partial charge in [-0.05, 0) is 6.07 Å². The monoisotopic (exact) mass is 257 g/mol. The Bertz CT molecular complexity index is 670. The lowest BCUT2D eigenvalue weighted by molar-refractivity contribution is -0.386. The predicted molar refractivity (Wildman–Crippen MR) is 55.7 cm³/mol. The van der Waals surface area contributed by atoms with Crippen LogP contribution >= 0.6 is 0 Å². The molecule has 0 aliphatic carbocycles. The lowest BCUT2D eigenvalue weighted by atomic mass is 10.2. The van der Waals surface area contributed by atoms with Gasteiger partial charge in [-0.25, -0.2) is 4.98 Å². The number of aromatic amines is 1. The number of alkyl halides is 2. The van der Waals surface area contributed by atoms with E-state index in [0.717, 1.165) is 12.4 Å². The maximum absolute atomic E-state index is 12.2. The smallest absolute Gasteiger partial charge is 0.387 e. The highest BCUT2D eigenvalue weighted by Crippen LogP contribution is 2.33. The van der Waals surface area contributed by atoms with E-state index in [-0.39, 0.29) is 10.9 Å². The number of benzene rings is 1. The number of aromatic nitrogens is 2. The minimum absolute atomic E-state index is 0.0278. The van der Waals surface area contributed by atoms with Crippen LogP contribution in [0.25, 0.3) is 10.9 Å². The van der Waals surface area contributed by atoms with E-state index in [2.05, 4.69) is 14.7 Å². The summed E-state index contributed by atoms with van der Waals surface area (Å²) in [7, 11) is 0. The summed E-state index contributed by atoms with van der Waals surface area (Å²) in [6.07, 6.45) is 1.06. The van der Waals surface area contributed by atoms with Crippen molar-refractivity contribution in [3.05, 3.63) is 38.9 Å². The molecule has 7 nitrogen and oxygen atoms in total. The second-order valence-corrected chi connectivity index (χ2v) is 3.18. The minimum Gasteiger partial charge on any atom is -0.426 e. The van der Waals surface area contributed by atoms with E-state index in [4.69, 9.17) is 0 Å². The van der Waals surface area contributed by atoms with Crippen molar-refractivity contribution < 1.29 is 18.4 Å². The molecule has 0 spiro atoms. The lowest BCUT2D eigenvalue weighted by Gasteiger charge is -2.07. The Morgan fingerprint density at radius 1 is 1.44 bits per heavy atom. The SMILES string of the molecule is O=c1[nH]cnc2ccc([N+](=O)[O-])c(OC(F)F)c12. The van der Waals surface area contributed by atoms with Crippen molar-refractivity contribution in [2.75, 3.05) is 0 Å². The normalized spacial score (nSPS) is 10.8. The summed E-state index contributed by atoms with van der Waals surface area (Å²) in [5.41, 5.74) is -1.49. The van der Waals surface area contributed by atoms with Gasteiger partial charge in [-0.3, -0.25) is 14.9 Å². The number of nitrogens with zero attached hydrogens (tertiary/aromatic N) is 2. The van der Waals surface area contributed by atoms with Gasteiger partial charge in [0.1, 0.15) is 5.39 Å². The molecule has 0 radical (unpaired) electrons. The molecule has 1 aromatic heterocycles. The third-order valence-electron chi connectivity index (χ3n) is 2.14. The van der Waals surface area contributed by atoms with Crippen LogP contribution in [0.5, 0.6) is 5.75 Å². The molecule has 0 fully saturated rings. The first-order valence-electron chi connectivity index (χ1n) is 4.60. The molecule has 94 valence electrons. The van der Waals surface area contributed by atoms with Gasteiger partial charge in [0.2, 0.25) is 5.75 Å². The molecule has 0 amide bonds. The van der Waals surface area contributed by atoms with E-state index >= 15 is 0 Å². The first kappa shape index (κ1) is 11.9. The van der Waals surface area contributed by atoms with E-state index in [1.807, 2.05) is 0 Å². The number of rotatable bonds is 3. The topological polar surface area (TPSA) is 98.1 Å². The van der Waals surface area contributed by atoms with Crippen LogP contribution in [0, 0.1) is 10.1 Å². The second kappa shape index (κ2) is 4.35. The number of H-pyrrole nitrogens is 1. The van der Waals surface area contributed by atoms with E-state index in [1.165, 1.54) is 6.07 Å². The van der Waals surface area contributed by atoms with Crippen molar-refractivity contribution >= 4 is 16.6 Å². The third kappa shape index (κ3) is 1.97. The minimum atomic E-state index is -3.28. The molecule has 2 aromatic rings. The largest absolute Gasteiger partial charge is 0.426 e. The van der Waals surface area contributed by atoms with E-state index < -0.39 is 28.5 Å². The summed E-state index contributed by atoms with van der Waals surface area (Å²) in [6, 6.07) is 2.13. The quantitative estimate of drug-likeness (QED) is 0.662. The average molecular weight is 257 g/mol. The Kier molecular flexibility index (Phi) is 2.88. The molecule has 2 rings (SSSR count). The van der Waals surface area contributed by atoms with Gasteiger partial charge in [0.15, 0.2) is 0 Å². The second-order valence-electron chi connectivity index (χ2n) is 3.18. The molecule has 0 unspecified atom stereocenters. The van der Waals surface area contributed by atoms with Gasteiger partial charge in [-0.1, -0.05) is 0 Å². The molecule has 1 heterocycles. The first-order chi connectivity index (χ1) is 8.50. The fraction of sp³-hybridized carbons (Fsp3) is 0.111. The highest BCUT2D eigenvalue weighted by Gasteiger charge is 2.23. The van der Waals surface area contributed by atoms with Crippen LogP contribution in [-0.4, -0.2) is 21.5 Å². The molecule has 0 saturated heterocycles. The lowest BCUT2D eigenvalue weighted by Crippen LogP contribution is -2.12. The first-order valence-corrected chi connectivity index (χ1v) is 4.60. The average Bonchev–Trinajstić information content (AvgIpc) is 2.28. The van der Waals surface area contributed by atoms with Gasteiger partial charge in [-0.2, -0.15) is 8.78 Å². The van der Waals surface area contributed by atoms with Gasteiger partial charge in [-0.15, -0.1) is 0 Å². The molecule has 1 N–H and O–H groups in total. The summed E-state index contributed by atoms with van der Waals surface area (Å²) < 4.78 is 28.6. The molecule has 0 saturated carbocycles. The highest BCUT2D eigenvalue weighted by molar-refractivity contribution is 5.88. The molecule has 1 aromatic carbocycles. The Hall–Kier alpha value is -2.58. The summed E-state index contributed by atoms with van der Waals surface area (Å²) in [6.45, 7) is -3.28. The van der Waals surface area contributed by atoms with E-state index in [1.54, 1.807) is 0 Å². The summed E-state index contributed by atoms with van der Waals surface area (Å²) in [5.74, 6) is -0.790. The molecular formula is C9H5F2N3O4. The van der Waals surface area contributed by atoms with Crippen LogP contribution in [-0.2, 0) is 0 Å². The Balaban J connectivity index is 2.84. The fourth-order valence-electron chi connectivity index (χ4n) is 1.47. The number of fused-ring (bicyclic) bond motifs is 1. The number of hydrogen-bond donors (Lipinski definition) is 1. The molecule has 18 heavy (non-hydrogen) atoms. The molecule has 0 aliphatic heterocycles. The van der Waals surface area contributed by atoms with Gasteiger partial charge < -0.3 is 9.72 Å². The van der Waals surface area contributed by atoms with Crippen molar-refractivity contribution in [1.82, 2.24) is 9.97 Å². The fourth-order valence-corrected chi connectivity index (χ4v) is 1.47. The molecule has 0 bridgehead atoms. The number of nitro benzene ring substituents is 1. The van der Waals surface area contributed by atoms with Crippen LogP contribution in [0.3, 0.4) is 0 Å². The van der Waals surface area contributed by atoms with Crippen LogP contribution in [0.2, 0.25) is 0 Å². The number of halogens is 2. The number of ether oxygens (including phenoxy) is 1. The van der Waals surface area contributed by atoms with Crippen LogP contribution < -0.4 is 10.3 Å². The van der Waals surface area contributed by atoms with Crippen molar-refractivity contribution in [2.24, 2.45) is 0 Å². The van der Waals surface area contributed by atoms with Crippen molar-refractivity contribution in [3.8, 4) is 5.75 Å². The van der Waals surface area contributed by atoms with Crippen LogP contribution in [0.15, 0.2) is 23.3 Å². The zero-order valence-electron chi connectivity index (χ0n) is 8.59. The van der Waals surface area contributed by atoms with Crippen molar-refractivity contribution in [1.29, 1.82) is 0 Å². The van der Waals surface area contributed by atoms with Crippen LogP contribution in [0.4, 0.5) is 14.5 Å². The highest BCUT2D eigenvalue weighted by atomic mass is 19.3. The van der Waals surface area contributed by atoms with Gasteiger partial charge in [0.25, 0.3) is 5.56 Å². The Labute approximate surface area is 97.2 Å². The number of nitro groups is 1. The van der Waals surface area contributed by atoms with Crippen molar-refractivity contribution in [3.63, 3.8) is 0 Å². The summed E-state index contributed by atoms with van der Waals surface area (Å²) >= 11 is 0. The molecule has 0 atom stereocenters. The molecule has 9 heteroatoms. The standard InChI is InChI=1S/C9H5F2N3O4/c10-9(11)18-7-5(14(16)17)2-1-4-6(7)8(15)13-3-12-4/h1-3,9H,(H,12,13,15).